The number of ether oxygens (including phenoxy) is 1. The lowest BCUT2D eigenvalue weighted by molar-refractivity contribution is 0.152. The third-order valence-electron chi connectivity index (χ3n) is 2.77. The van der Waals surface area contributed by atoms with Crippen LogP contribution in [-0.4, -0.2) is 23.3 Å². The third kappa shape index (κ3) is 2.55. The number of nitrogen functional groups attached to an aromatic ring is 1. The minimum Gasteiger partial charge on any atom is -0.384 e. The number of rotatable bonds is 4. The summed E-state index contributed by atoms with van der Waals surface area (Å²) in [5.74, 6) is 0.801. The van der Waals surface area contributed by atoms with E-state index in [2.05, 4.69) is 11.9 Å². The van der Waals surface area contributed by atoms with E-state index in [0.29, 0.717) is 28.5 Å². The van der Waals surface area contributed by atoms with Gasteiger partial charge < -0.3 is 15.0 Å². The van der Waals surface area contributed by atoms with Gasteiger partial charge in [-0.15, -0.1) is 0 Å². The van der Waals surface area contributed by atoms with Crippen LogP contribution in [0.15, 0.2) is 12.1 Å². The largest absolute Gasteiger partial charge is 0.384 e. The van der Waals surface area contributed by atoms with E-state index >= 15 is 0 Å². The molecule has 0 bridgehead atoms. The first kappa shape index (κ1) is 13.5. The van der Waals surface area contributed by atoms with Crippen LogP contribution in [0.25, 0.3) is 11.0 Å². The Hall–Kier alpha value is -0.970. The van der Waals surface area contributed by atoms with E-state index in [9.17, 15) is 0 Å². The summed E-state index contributed by atoms with van der Waals surface area (Å²) in [5.41, 5.74) is 7.57. The van der Waals surface area contributed by atoms with Gasteiger partial charge in [-0.2, -0.15) is 0 Å². The standard InChI is InChI=1S/C12H15Cl2N3O/c1-7(6-18-2)5-17-11-4-9(14)8(13)3-10(11)16-12(17)15/h3-4,7H,5-6H2,1-2H3,(H2,15,16). The summed E-state index contributed by atoms with van der Waals surface area (Å²) in [6, 6.07) is 3.52. The number of aromatic nitrogens is 2. The van der Waals surface area contributed by atoms with Crippen LogP contribution in [0.1, 0.15) is 6.92 Å². The van der Waals surface area contributed by atoms with Crippen molar-refractivity contribution in [3.8, 4) is 0 Å². The van der Waals surface area contributed by atoms with Gasteiger partial charge in [0, 0.05) is 13.7 Å². The van der Waals surface area contributed by atoms with Gasteiger partial charge in [0.25, 0.3) is 0 Å². The molecule has 1 aromatic heterocycles. The Bertz CT molecular complexity index is 568. The summed E-state index contributed by atoms with van der Waals surface area (Å²) in [7, 11) is 1.68. The van der Waals surface area contributed by atoms with E-state index in [1.807, 2.05) is 4.57 Å². The van der Waals surface area contributed by atoms with Crippen LogP contribution in [0.5, 0.6) is 0 Å². The lowest BCUT2D eigenvalue weighted by Crippen LogP contribution is -2.14. The van der Waals surface area contributed by atoms with E-state index in [1.165, 1.54) is 0 Å². The normalized spacial score (nSPS) is 13.1. The van der Waals surface area contributed by atoms with Crippen LogP contribution >= 0.6 is 23.2 Å². The molecule has 1 aromatic carbocycles. The molecule has 2 N–H and O–H groups in total. The number of hydrogen-bond acceptors (Lipinski definition) is 3. The number of benzene rings is 1. The van der Waals surface area contributed by atoms with Crippen molar-refractivity contribution in [2.45, 2.75) is 13.5 Å². The number of anilines is 1. The first-order chi connectivity index (χ1) is 8.52. The van der Waals surface area contributed by atoms with Crippen LogP contribution in [0.2, 0.25) is 10.0 Å². The number of fused-ring (bicyclic) bond motifs is 1. The lowest BCUT2D eigenvalue weighted by Gasteiger charge is -2.13. The zero-order valence-corrected chi connectivity index (χ0v) is 11.8. The summed E-state index contributed by atoms with van der Waals surface area (Å²) >= 11 is 12.0. The fourth-order valence-electron chi connectivity index (χ4n) is 1.98. The molecule has 18 heavy (non-hydrogen) atoms. The average Bonchev–Trinajstić information content (AvgIpc) is 2.57. The molecule has 0 aliphatic carbocycles. The van der Waals surface area contributed by atoms with E-state index in [4.69, 9.17) is 33.7 Å². The Kier molecular flexibility index (Phi) is 4.00. The molecule has 0 saturated heterocycles. The highest BCUT2D eigenvalue weighted by atomic mass is 35.5. The number of halogens is 2. The number of imidazole rings is 1. The van der Waals surface area contributed by atoms with Crippen molar-refractivity contribution in [3.05, 3.63) is 22.2 Å². The molecule has 2 aromatic rings. The quantitative estimate of drug-likeness (QED) is 0.939. The van der Waals surface area contributed by atoms with E-state index in [0.717, 1.165) is 17.6 Å². The Morgan fingerprint density at radius 3 is 2.72 bits per heavy atom. The molecule has 0 aliphatic heterocycles. The summed E-state index contributed by atoms with van der Waals surface area (Å²) in [6.45, 7) is 3.49. The van der Waals surface area contributed by atoms with Gasteiger partial charge in [-0.3, -0.25) is 0 Å². The first-order valence-corrected chi connectivity index (χ1v) is 6.38. The molecule has 1 unspecified atom stereocenters. The maximum Gasteiger partial charge on any atom is 0.201 e. The van der Waals surface area contributed by atoms with Crippen molar-refractivity contribution >= 4 is 40.2 Å². The second kappa shape index (κ2) is 5.34. The molecule has 4 nitrogen and oxygen atoms in total. The molecule has 0 amide bonds. The average molecular weight is 288 g/mol. The van der Waals surface area contributed by atoms with Gasteiger partial charge in [0.15, 0.2) is 0 Å². The van der Waals surface area contributed by atoms with Crippen molar-refractivity contribution in [1.29, 1.82) is 0 Å². The van der Waals surface area contributed by atoms with Crippen LogP contribution in [0.4, 0.5) is 5.95 Å². The molecule has 0 saturated carbocycles. The topological polar surface area (TPSA) is 53.1 Å². The maximum atomic E-state index is 6.03. The number of nitrogens with two attached hydrogens (primary N) is 1. The van der Waals surface area contributed by atoms with Gasteiger partial charge in [0.05, 0.1) is 27.7 Å². The molecule has 6 heteroatoms. The number of methoxy groups -OCH3 is 1. The predicted octanol–water partition coefficient (Wildman–Crippen LogP) is 3.21. The number of nitrogens with zero attached hydrogens (tertiary/aromatic N) is 2. The summed E-state index contributed by atoms with van der Waals surface area (Å²) in [6.07, 6.45) is 0. The molecule has 0 spiro atoms. The fraction of sp³-hybridized carbons (Fsp3) is 0.417. The van der Waals surface area contributed by atoms with Crippen LogP contribution in [0.3, 0.4) is 0 Å². The molecule has 0 fully saturated rings. The second-order valence-corrected chi connectivity index (χ2v) is 5.21. The van der Waals surface area contributed by atoms with Crippen molar-refractivity contribution in [3.63, 3.8) is 0 Å². The van der Waals surface area contributed by atoms with E-state index < -0.39 is 0 Å². The minimum absolute atomic E-state index is 0.337. The Morgan fingerprint density at radius 1 is 1.39 bits per heavy atom. The van der Waals surface area contributed by atoms with Crippen LogP contribution in [-0.2, 0) is 11.3 Å². The zero-order valence-electron chi connectivity index (χ0n) is 10.3. The minimum atomic E-state index is 0.337. The highest BCUT2D eigenvalue weighted by molar-refractivity contribution is 6.42. The summed E-state index contributed by atoms with van der Waals surface area (Å²) < 4.78 is 7.06. The summed E-state index contributed by atoms with van der Waals surface area (Å²) in [4.78, 5) is 4.29. The second-order valence-electron chi connectivity index (χ2n) is 4.40. The lowest BCUT2D eigenvalue weighted by atomic mass is 10.2. The predicted molar refractivity (Wildman–Crippen MR) is 75.2 cm³/mol. The molecular formula is C12H15Cl2N3O. The molecule has 1 heterocycles. The van der Waals surface area contributed by atoms with Crippen molar-refractivity contribution in [2.24, 2.45) is 5.92 Å². The highest BCUT2D eigenvalue weighted by Gasteiger charge is 2.13. The molecule has 1 atom stereocenters. The fourth-order valence-corrected chi connectivity index (χ4v) is 2.30. The SMILES string of the molecule is COCC(C)Cn1c(N)nc2cc(Cl)c(Cl)cc21. The number of hydrogen-bond donors (Lipinski definition) is 1. The maximum absolute atomic E-state index is 6.03. The van der Waals surface area contributed by atoms with Gasteiger partial charge >= 0.3 is 0 Å². The van der Waals surface area contributed by atoms with Gasteiger partial charge in [0.1, 0.15) is 0 Å². The van der Waals surface area contributed by atoms with Crippen LogP contribution < -0.4 is 5.73 Å². The molecule has 98 valence electrons. The zero-order chi connectivity index (χ0) is 13.3. The van der Waals surface area contributed by atoms with Crippen molar-refractivity contribution < 1.29 is 4.74 Å². The first-order valence-electron chi connectivity index (χ1n) is 5.62. The van der Waals surface area contributed by atoms with Gasteiger partial charge in [-0.25, -0.2) is 4.98 Å². The smallest absolute Gasteiger partial charge is 0.201 e. The van der Waals surface area contributed by atoms with Crippen LogP contribution in [0, 0.1) is 5.92 Å². The van der Waals surface area contributed by atoms with E-state index in [1.54, 1.807) is 19.2 Å². The van der Waals surface area contributed by atoms with Gasteiger partial charge in [-0.05, 0) is 18.1 Å². The summed E-state index contributed by atoms with van der Waals surface area (Å²) in [5, 5.41) is 0.989. The van der Waals surface area contributed by atoms with E-state index in [-0.39, 0.29) is 0 Å². The van der Waals surface area contributed by atoms with Crippen molar-refractivity contribution in [2.75, 3.05) is 19.5 Å². The Balaban J connectivity index is 2.43. The Labute approximate surface area is 116 Å². The van der Waals surface area contributed by atoms with Gasteiger partial charge in [0.2, 0.25) is 5.95 Å². The van der Waals surface area contributed by atoms with Gasteiger partial charge in [-0.1, -0.05) is 30.1 Å². The molecule has 0 radical (unpaired) electrons. The highest BCUT2D eigenvalue weighted by Crippen LogP contribution is 2.29. The molecular weight excluding hydrogens is 273 g/mol. The monoisotopic (exact) mass is 287 g/mol. The molecule has 2 rings (SSSR count). The third-order valence-corrected chi connectivity index (χ3v) is 3.49. The molecule has 0 aliphatic rings. The Morgan fingerprint density at radius 2 is 2.06 bits per heavy atom. The van der Waals surface area contributed by atoms with Crippen molar-refractivity contribution in [1.82, 2.24) is 9.55 Å².